The Morgan fingerprint density at radius 1 is 1.24 bits per heavy atom. The fourth-order valence-electron chi connectivity index (χ4n) is 1.88. The molecule has 0 atom stereocenters. The standard InChI is InChI=1S/C13H23BrN2S/c1-16(8-6-4-2-3-5-7-15)10-12-9-13(14)17-11-12/h9,11H,2-8,10,15H2,1H3. The van der Waals surface area contributed by atoms with E-state index in [-0.39, 0.29) is 0 Å². The zero-order valence-electron chi connectivity index (χ0n) is 10.6. The summed E-state index contributed by atoms with van der Waals surface area (Å²) in [5.41, 5.74) is 6.88. The molecule has 98 valence electrons. The molecule has 0 aliphatic rings. The summed E-state index contributed by atoms with van der Waals surface area (Å²) in [6.45, 7) is 3.09. The number of nitrogens with two attached hydrogens (primary N) is 1. The van der Waals surface area contributed by atoms with Crippen LogP contribution in [-0.4, -0.2) is 25.0 Å². The maximum atomic E-state index is 5.47. The van der Waals surface area contributed by atoms with Gasteiger partial charge in [-0.05, 0) is 65.9 Å². The summed E-state index contributed by atoms with van der Waals surface area (Å²) in [6, 6.07) is 2.21. The second-order valence-corrected chi connectivity index (χ2v) is 6.84. The van der Waals surface area contributed by atoms with Gasteiger partial charge in [-0.25, -0.2) is 0 Å². The average Bonchev–Trinajstić information content (AvgIpc) is 2.69. The Labute approximate surface area is 117 Å². The zero-order chi connectivity index (χ0) is 12.5. The first-order chi connectivity index (χ1) is 8.22. The largest absolute Gasteiger partial charge is 0.330 e. The Hall–Kier alpha value is 0.100. The van der Waals surface area contributed by atoms with E-state index in [0.717, 1.165) is 13.1 Å². The summed E-state index contributed by atoms with van der Waals surface area (Å²) in [7, 11) is 2.20. The lowest BCUT2D eigenvalue weighted by molar-refractivity contribution is 0.317. The molecule has 0 spiro atoms. The van der Waals surface area contributed by atoms with Crippen LogP contribution in [-0.2, 0) is 6.54 Å². The Morgan fingerprint density at radius 2 is 1.94 bits per heavy atom. The summed E-state index contributed by atoms with van der Waals surface area (Å²) in [4.78, 5) is 2.40. The van der Waals surface area contributed by atoms with Gasteiger partial charge in [-0.2, -0.15) is 0 Å². The molecule has 1 aromatic rings. The predicted molar refractivity (Wildman–Crippen MR) is 80.5 cm³/mol. The van der Waals surface area contributed by atoms with Crippen LogP contribution in [0.1, 0.15) is 37.7 Å². The SMILES string of the molecule is CN(CCCCCCCN)Cc1csc(Br)c1. The van der Waals surface area contributed by atoms with Gasteiger partial charge >= 0.3 is 0 Å². The van der Waals surface area contributed by atoms with Crippen LogP contribution in [0.3, 0.4) is 0 Å². The molecule has 0 aromatic carbocycles. The molecule has 0 saturated carbocycles. The van der Waals surface area contributed by atoms with Crippen molar-refractivity contribution in [1.29, 1.82) is 0 Å². The first-order valence-corrected chi connectivity index (χ1v) is 8.01. The van der Waals surface area contributed by atoms with E-state index in [0.29, 0.717) is 0 Å². The first kappa shape index (κ1) is 15.2. The van der Waals surface area contributed by atoms with Crippen LogP contribution >= 0.6 is 27.3 Å². The van der Waals surface area contributed by atoms with E-state index in [4.69, 9.17) is 5.73 Å². The van der Waals surface area contributed by atoms with Crippen LogP contribution in [0.5, 0.6) is 0 Å². The maximum Gasteiger partial charge on any atom is 0.0701 e. The van der Waals surface area contributed by atoms with Gasteiger partial charge in [0.1, 0.15) is 0 Å². The molecule has 1 heterocycles. The number of rotatable bonds is 9. The van der Waals surface area contributed by atoms with E-state index in [1.54, 1.807) is 11.3 Å². The molecule has 0 radical (unpaired) electrons. The molecule has 2 N–H and O–H groups in total. The van der Waals surface area contributed by atoms with Crippen molar-refractivity contribution in [2.45, 2.75) is 38.6 Å². The van der Waals surface area contributed by atoms with Crippen molar-refractivity contribution in [1.82, 2.24) is 4.90 Å². The minimum Gasteiger partial charge on any atom is -0.330 e. The van der Waals surface area contributed by atoms with Gasteiger partial charge in [-0.3, -0.25) is 0 Å². The molecule has 1 rings (SSSR count). The third-order valence-electron chi connectivity index (χ3n) is 2.82. The lowest BCUT2D eigenvalue weighted by Crippen LogP contribution is -2.18. The normalized spacial score (nSPS) is 11.3. The molecule has 0 amide bonds. The highest BCUT2D eigenvalue weighted by Crippen LogP contribution is 2.21. The summed E-state index contributed by atoms with van der Waals surface area (Å²) >= 11 is 5.26. The number of nitrogens with zero attached hydrogens (tertiary/aromatic N) is 1. The van der Waals surface area contributed by atoms with Crippen LogP contribution in [0.25, 0.3) is 0 Å². The van der Waals surface area contributed by atoms with Gasteiger partial charge in [0.15, 0.2) is 0 Å². The van der Waals surface area contributed by atoms with Crippen molar-refractivity contribution < 1.29 is 0 Å². The summed E-state index contributed by atoms with van der Waals surface area (Å²) in [5.74, 6) is 0. The summed E-state index contributed by atoms with van der Waals surface area (Å²) in [5, 5.41) is 2.22. The molecule has 0 bridgehead atoms. The minimum atomic E-state index is 0.840. The van der Waals surface area contributed by atoms with Crippen LogP contribution in [0, 0.1) is 0 Å². The third-order valence-corrected chi connectivity index (χ3v) is 4.37. The van der Waals surface area contributed by atoms with Gasteiger partial charge in [-0.15, -0.1) is 11.3 Å². The predicted octanol–water partition coefficient (Wildman–Crippen LogP) is 3.85. The smallest absolute Gasteiger partial charge is 0.0701 e. The van der Waals surface area contributed by atoms with Crippen molar-refractivity contribution in [2.75, 3.05) is 20.1 Å². The van der Waals surface area contributed by atoms with Gasteiger partial charge in [0.25, 0.3) is 0 Å². The molecular weight excluding hydrogens is 296 g/mol. The van der Waals surface area contributed by atoms with Gasteiger partial charge < -0.3 is 10.6 Å². The van der Waals surface area contributed by atoms with Crippen LogP contribution < -0.4 is 5.73 Å². The zero-order valence-corrected chi connectivity index (χ0v) is 13.0. The van der Waals surface area contributed by atoms with Crippen LogP contribution in [0.4, 0.5) is 0 Å². The third kappa shape index (κ3) is 7.19. The highest BCUT2D eigenvalue weighted by Gasteiger charge is 2.02. The van der Waals surface area contributed by atoms with Crippen LogP contribution in [0.2, 0.25) is 0 Å². The van der Waals surface area contributed by atoms with Crippen molar-refractivity contribution in [3.63, 3.8) is 0 Å². The molecular formula is C13H23BrN2S. The molecule has 17 heavy (non-hydrogen) atoms. The first-order valence-electron chi connectivity index (χ1n) is 6.34. The molecule has 0 aliphatic carbocycles. The summed E-state index contributed by atoms with van der Waals surface area (Å²) < 4.78 is 1.22. The molecule has 0 unspecified atom stereocenters. The monoisotopic (exact) mass is 318 g/mol. The second-order valence-electron chi connectivity index (χ2n) is 4.55. The fourth-order valence-corrected chi connectivity index (χ4v) is 3.08. The van der Waals surface area contributed by atoms with E-state index < -0.39 is 0 Å². The Morgan fingerprint density at radius 3 is 2.59 bits per heavy atom. The highest BCUT2D eigenvalue weighted by molar-refractivity contribution is 9.11. The molecule has 0 fully saturated rings. The number of hydrogen-bond donors (Lipinski definition) is 1. The Kier molecular flexibility index (Phi) is 8.10. The number of hydrogen-bond acceptors (Lipinski definition) is 3. The van der Waals surface area contributed by atoms with Crippen molar-refractivity contribution in [2.24, 2.45) is 5.73 Å². The molecule has 1 aromatic heterocycles. The van der Waals surface area contributed by atoms with E-state index in [2.05, 4.69) is 39.3 Å². The maximum absolute atomic E-state index is 5.47. The second kappa shape index (κ2) is 9.09. The van der Waals surface area contributed by atoms with Gasteiger partial charge in [0.2, 0.25) is 0 Å². The van der Waals surface area contributed by atoms with E-state index >= 15 is 0 Å². The quantitative estimate of drug-likeness (QED) is 0.701. The molecule has 0 saturated heterocycles. The minimum absolute atomic E-state index is 0.840. The Bertz CT molecular complexity index is 301. The van der Waals surface area contributed by atoms with E-state index in [1.807, 2.05) is 0 Å². The molecule has 0 aliphatic heterocycles. The van der Waals surface area contributed by atoms with Crippen molar-refractivity contribution in [3.8, 4) is 0 Å². The van der Waals surface area contributed by atoms with Crippen molar-refractivity contribution >= 4 is 27.3 Å². The average molecular weight is 319 g/mol. The van der Waals surface area contributed by atoms with E-state index in [9.17, 15) is 0 Å². The lowest BCUT2D eigenvalue weighted by Gasteiger charge is -2.15. The number of unbranched alkanes of at least 4 members (excludes halogenated alkanes) is 4. The van der Waals surface area contributed by atoms with Gasteiger partial charge in [0.05, 0.1) is 3.79 Å². The van der Waals surface area contributed by atoms with Gasteiger partial charge in [0, 0.05) is 6.54 Å². The number of halogens is 1. The molecule has 2 nitrogen and oxygen atoms in total. The van der Waals surface area contributed by atoms with E-state index in [1.165, 1.54) is 48.0 Å². The Balaban J connectivity index is 2.03. The van der Waals surface area contributed by atoms with Crippen molar-refractivity contribution in [3.05, 3.63) is 20.8 Å². The number of thiophene rings is 1. The van der Waals surface area contributed by atoms with Gasteiger partial charge in [-0.1, -0.05) is 19.3 Å². The topological polar surface area (TPSA) is 29.3 Å². The van der Waals surface area contributed by atoms with Crippen LogP contribution in [0.15, 0.2) is 15.2 Å². The molecule has 4 heteroatoms. The highest BCUT2D eigenvalue weighted by atomic mass is 79.9. The summed E-state index contributed by atoms with van der Waals surface area (Å²) in [6.07, 6.45) is 6.43. The fraction of sp³-hybridized carbons (Fsp3) is 0.692. The lowest BCUT2D eigenvalue weighted by atomic mass is 10.1.